The van der Waals surface area contributed by atoms with Gasteiger partial charge in [0.2, 0.25) is 0 Å². The molecule has 0 spiro atoms. The van der Waals surface area contributed by atoms with Gasteiger partial charge in [0.25, 0.3) is 0 Å². The van der Waals surface area contributed by atoms with Gasteiger partial charge in [0.05, 0.1) is 11.3 Å². The highest BCUT2D eigenvalue weighted by Crippen LogP contribution is 2.62. The maximum atomic E-state index is 10.9. The Morgan fingerprint density at radius 1 is 1.04 bits per heavy atom. The maximum Gasteiger partial charge on any atom is 0.317 e. The molecule has 0 fully saturated rings. The number of nitrogens with zero attached hydrogens (tertiary/aromatic N) is 1. The fraction of sp³-hybridized carbons (Fsp3) is 0.409. The summed E-state index contributed by atoms with van der Waals surface area (Å²) in [6, 6.07) is 19.5. The minimum Gasteiger partial charge on any atom is -0.480 e. The van der Waals surface area contributed by atoms with Crippen LogP contribution >= 0.6 is 24.2 Å². The number of halogens is 1. The van der Waals surface area contributed by atoms with Crippen LogP contribution in [-0.4, -0.2) is 36.1 Å². The van der Waals surface area contributed by atoms with Crippen molar-refractivity contribution < 1.29 is 9.90 Å². The molecule has 0 saturated carbocycles. The number of benzene rings is 2. The standard InChI is InChI=1S/C22H27NO2S.ClH/c1-21(2)18-12-7-8-13-19(18)22(26-21,17-10-5-4-6-11-17)14-9-15-23(3)16-20(24)25;/h4-8,10-13H,9,14-16H2,1-3H3,(H,24,25);1H. The largest absolute Gasteiger partial charge is 0.480 e. The van der Waals surface area contributed by atoms with Crippen molar-refractivity contribution in [2.45, 2.75) is 36.2 Å². The smallest absolute Gasteiger partial charge is 0.317 e. The van der Waals surface area contributed by atoms with E-state index < -0.39 is 5.97 Å². The van der Waals surface area contributed by atoms with E-state index in [1.807, 2.05) is 23.7 Å². The van der Waals surface area contributed by atoms with Gasteiger partial charge in [0.1, 0.15) is 0 Å². The Hall–Kier alpha value is -1.49. The van der Waals surface area contributed by atoms with E-state index in [0.717, 1.165) is 19.4 Å². The highest BCUT2D eigenvalue weighted by molar-refractivity contribution is 8.01. The van der Waals surface area contributed by atoms with Gasteiger partial charge in [-0.15, -0.1) is 24.2 Å². The molecule has 0 aliphatic carbocycles. The molecule has 1 unspecified atom stereocenters. The van der Waals surface area contributed by atoms with E-state index in [4.69, 9.17) is 5.11 Å². The zero-order valence-electron chi connectivity index (χ0n) is 16.1. The quantitative estimate of drug-likeness (QED) is 0.693. The minimum absolute atomic E-state index is 0. The van der Waals surface area contributed by atoms with E-state index >= 15 is 0 Å². The van der Waals surface area contributed by atoms with Gasteiger partial charge in [0, 0.05) is 4.75 Å². The maximum absolute atomic E-state index is 10.9. The first-order chi connectivity index (χ1) is 12.3. The highest BCUT2D eigenvalue weighted by atomic mass is 35.5. The van der Waals surface area contributed by atoms with Crippen molar-refractivity contribution in [3.63, 3.8) is 0 Å². The average molecular weight is 406 g/mol. The van der Waals surface area contributed by atoms with Crippen LogP contribution in [0.2, 0.25) is 0 Å². The zero-order chi connectivity index (χ0) is 18.8. The molecule has 3 rings (SSSR count). The van der Waals surface area contributed by atoms with Crippen LogP contribution in [0.4, 0.5) is 0 Å². The molecule has 2 aromatic rings. The van der Waals surface area contributed by atoms with Crippen LogP contribution in [0.5, 0.6) is 0 Å². The van der Waals surface area contributed by atoms with Gasteiger partial charge in [-0.25, -0.2) is 0 Å². The third-order valence-electron chi connectivity index (χ3n) is 5.15. The molecule has 0 bridgehead atoms. The van der Waals surface area contributed by atoms with Crippen molar-refractivity contribution in [2.75, 3.05) is 20.1 Å². The summed E-state index contributed by atoms with van der Waals surface area (Å²) in [5.74, 6) is -0.771. The summed E-state index contributed by atoms with van der Waals surface area (Å²) in [4.78, 5) is 12.8. The van der Waals surface area contributed by atoms with E-state index in [0.29, 0.717) is 0 Å². The summed E-state index contributed by atoms with van der Waals surface area (Å²) in [7, 11) is 1.88. The van der Waals surface area contributed by atoms with Crippen molar-refractivity contribution in [2.24, 2.45) is 0 Å². The number of hydrogen-bond acceptors (Lipinski definition) is 3. The van der Waals surface area contributed by atoms with Gasteiger partial charge in [-0.05, 0) is 57.0 Å². The predicted octanol–water partition coefficient (Wildman–Crippen LogP) is 5.13. The zero-order valence-corrected chi connectivity index (χ0v) is 17.8. The normalized spacial score (nSPS) is 20.1. The lowest BCUT2D eigenvalue weighted by atomic mass is 9.82. The van der Waals surface area contributed by atoms with Crippen molar-refractivity contribution in [3.05, 3.63) is 71.3 Å². The number of carboxylic acids is 1. The van der Waals surface area contributed by atoms with Gasteiger partial charge < -0.3 is 5.11 Å². The molecule has 0 aromatic heterocycles. The van der Waals surface area contributed by atoms with Crippen LogP contribution in [0, 0.1) is 0 Å². The molecule has 2 aromatic carbocycles. The van der Waals surface area contributed by atoms with Crippen LogP contribution in [0.15, 0.2) is 54.6 Å². The summed E-state index contributed by atoms with van der Waals surface area (Å²) in [6.07, 6.45) is 1.95. The molecule has 1 heterocycles. The fourth-order valence-corrected chi connectivity index (χ4v) is 6.01. The lowest BCUT2D eigenvalue weighted by Gasteiger charge is -2.33. The molecule has 5 heteroatoms. The Morgan fingerprint density at radius 2 is 1.63 bits per heavy atom. The van der Waals surface area contributed by atoms with Gasteiger partial charge in [0.15, 0.2) is 0 Å². The second-order valence-corrected chi connectivity index (χ2v) is 9.51. The Morgan fingerprint density at radius 3 is 2.26 bits per heavy atom. The van der Waals surface area contributed by atoms with Gasteiger partial charge in [-0.3, -0.25) is 9.69 Å². The Balaban J connectivity index is 0.00000261. The number of likely N-dealkylation sites (N-methyl/N-ethyl adjacent to an activating group) is 1. The molecule has 0 saturated heterocycles. The minimum atomic E-state index is -0.771. The van der Waals surface area contributed by atoms with E-state index in [1.54, 1.807) is 0 Å². The second-order valence-electron chi connectivity index (χ2n) is 7.59. The highest BCUT2D eigenvalue weighted by Gasteiger charge is 2.48. The molecule has 1 atom stereocenters. The SMILES string of the molecule is CN(CCCC1(c2ccccc2)SC(C)(C)c2ccccc21)CC(=O)O.Cl. The van der Waals surface area contributed by atoms with Crippen LogP contribution in [0.3, 0.4) is 0 Å². The molecule has 1 aliphatic rings. The fourth-order valence-electron chi connectivity index (χ4n) is 4.07. The number of hydrogen-bond donors (Lipinski definition) is 1. The summed E-state index contributed by atoms with van der Waals surface area (Å²) >= 11 is 2.03. The summed E-state index contributed by atoms with van der Waals surface area (Å²) < 4.78 is -0.0230. The number of carbonyl (C=O) groups is 1. The predicted molar refractivity (Wildman–Crippen MR) is 116 cm³/mol. The van der Waals surface area contributed by atoms with E-state index in [1.165, 1.54) is 16.7 Å². The van der Waals surface area contributed by atoms with Crippen LogP contribution in [0.1, 0.15) is 43.4 Å². The molecule has 0 amide bonds. The molecule has 1 aliphatic heterocycles. The Bertz CT molecular complexity index is 781. The second kappa shape index (κ2) is 8.68. The molecular weight excluding hydrogens is 378 g/mol. The van der Waals surface area contributed by atoms with Crippen molar-refractivity contribution in [1.29, 1.82) is 0 Å². The molecule has 1 N–H and O–H groups in total. The van der Waals surface area contributed by atoms with Crippen molar-refractivity contribution in [3.8, 4) is 0 Å². The first-order valence-electron chi connectivity index (χ1n) is 9.11. The Kier molecular flexibility index (Phi) is 7.01. The van der Waals surface area contributed by atoms with Crippen molar-refractivity contribution >= 4 is 30.1 Å². The monoisotopic (exact) mass is 405 g/mol. The van der Waals surface area contributed by atoms with Gasteiger partial charge in [-0.2, -0.15) is 0 Å². The Labute approximate surface area is 172 Å². The lowest BCUT2D eigenvalue weighted by molar-refractivity contribution is -0.137. The summed E-state index contributed by atoms with van der Waals surface area (Å²) in [5, 5.41) is 8.98. The van der Waals surface area contributed by atoms with E-state index in [-0.39, 0.29) is 28.4 Å². The van der Waals surface area contributed by atoms with E-state index in [9.17, 15) is 4.79 Å². The van der Waals surface area contributed by atoms with Crippen molar-refractivity contribution in [1.82, 2.24) is 4.90 Å². The number of rotatable bonds is 7. The van der Waals surface area contributed by atoms with Crippen LogP contribution in [-0.2, 0) is 14.3 Å². The molecule has 0 radical (unpaired) electrons. The van der Waals surface area contributed by atoms with Gasteiger partial charge >= 0.3 is 5.97 Å². The topological polar surface area (TPSA) is 40.5 Å². The third-order valence-corrected chi connectivity index (χ3v) is 6.89. The van der Waals surface area contributed by atoms with E-state index in [2.05, 4.69) is 68.4 Å². The number of fused-ring (bicyclic) bond motifs is 1. The lowest BCUT2D eigenvalue weighted by Crippen LogP contribution is -2.29. The summed E-state index contributed by atoms with van der Waals surface area (Å²) in [5.41, 5.74) is 4.15. The first-order valence-corrected chi connectivity index (χ1v) is 9.93. The molecule has 146 valence electrons. The molecular formula is C22H28ClNO2S. The number of thioether (sulfide) groups is 1. The van der Waals surface area contributed by atoms with Crippen LogP contribution in [0.25, 0.3) is 0 Å². The molecule has 27 heavy (non-hydrogen) atoms. The van der Waals surface area contributed by atoms with Crippen LogP contribution < -0.4 is 0 Å². The number of carboxylic acid groups (broad SMARTS) is 1. The average Bonchev–Trinajstić information content (AvgIpc) is 2.84. The summed E-state index contributed by atoms with van der Waals surface area (Å²) in [6.45, 7) is 5.48. The van der Waals surface area contributed by atoms with Gasteiger partial charge in [-0.1, -0.05) is 54.6 Å². The number of aliphatic carboxylic acids is 1. The third kappa shape index (κ3) is 4.50. The molecule has 3 nitrogen and oxygen atoms in total. The first kappa shape index (κ1) is 21.8.